The monoisotopic (exact) mass is 429 g/mol. The van der Waals surface area contributed by atoms with Gasteiger partial charge in [0.05, 0.1) is 0 Å². The van der Waals surface area contributed by atoms with Crippen LogP contribution in [-0.4, -0.2) is 56.1 Å². The highest BCUT2D eigenvalue weighted by Gasteiger charge is 2.37. The van der Waals surface area contributed by atoms with E-state index >= 15 is 0 Å². The molecular formula is C23H31N3O3S. The molecule has 0 aliphatic carbocycles. The van der Waals surface area contributed by atoms with Crippen LogP contribution in [0.3, 0.4) is 0 Å². The number of rotatable bonds is 3. The molecule has 2 saturated heterocycles. The topological polar surface area (TPSA) is 70.0 Å². The molecule has 0 spiro atoms. The molecule has 3 heterocycles. The van der Waals surface area contributed by atoms with Crippen LogP contribution in [0.2, 0.25) is 0 Å². The molecule has 0 atom stereocenters. The van der Waals surface area contributed by atoms with Gasteiger partial charge < -0.3 is 9.80 Å². The number of sulfonamides is 1. The zero-order chi connectivity index (χ0) is 21.3. The Morgan fingerprint density at radius 1 is 1.03 bits per heavy atom. The fourth-order valence-corrected chi connectivity index (χ4v) is 6.30. The van der Waals surface area contributed by atoms with Crippen molar-refractivity contribution in [2.75, 3.05) is 26.2 Å². The molecule has 1 aromatic carbocycles. The zero-order valence-electron chi connectivity index (χ0n) is 17.9. The molecule has 7 heteroatoms. The van der Waals surface area contributed by atoms with E-state index in [4.69, 9.17) is 0 Å². The summed E-state index contributed by atoms with van der Waals surface area (Å²) in [5.41, 5.74) is 2.58. The maximum absolute atomic E-state index is 12.9. The molecule has 162 valence electrons. The minimum absolute atomic E-state index is 0.0450. The van der Waals surface area contributed by atoms with Crippen molar-refractivity contribution in [3.8, 4) is 0 Å². The number of benzene rings is 1. The molecule has 1 amide bonds. The summed E-state index contributed by atoms with van der Waals surface area (Å²) >= 11 is 0. The van der Waals surface area contributed by atoms with Crippen LogP contribution in [0.1, 0.15) is 56.6 Å². The summed E-state index contributed by atoms with van der Waals surface area (Å²) in [5, 5.41) is 0. The Morgan fingerprint density at radius 3 is 2.27 bits per heavy atom. The summed E-state index contributed by atoms with van der Waals surface area (Å²) in [6.07, 6.45) is 5.54. The van der Waals surface area contributed by atoms with Gasteiger partial charge >= 0.3 is 0 Å². The van der Waals surface area contributed by atoms with Crippen LogP contribution in [0, 0.1) is 12.8 Å². The van der Waals surface area contributed by atoms with Gasteiger partial charge in [-0.2, -0.15) is 8.42 Å². The Morgan fingerprint density at radius 2 is 1.67 bits per heavy atom. The third-order valence-electron chi connectivity index (χ3n) is 6.49. The van der Waals surface area contributed by atoms with E-state index in [0.29, 0.717) is 35.8 Å². The average molecular weight is 430 g/mol. The summed E-state index contributed by atoms with van der Waals surface area (Å²) in [7, 11) is -3.71. The Bertz CT molecular complexity index is 965. The van der Waals surface area contributed by atoms with Gasteiger partial charge in [0, 0.05) is 37.7 Å². The number of likely N-dealkylation sites (tertiary alicyclic amines) is 2. The summed E-state index contributed by atoms with van der Waals surface area (Å²) < 4.78 is 30.0. The quantitative estimate of drug-likeness (QED) is 0.736. The van der Waals surface area contributed by atoms with Gasteiger partial charge in [0.1, 0.15) is 10.7 Å². The lowest BCUT2D eigenvalue weighted by Gasteiger charge is -2.36. The second kappa shape index (κ2) is 8.53. The van der Waals surface area contributed by atoms with E-state index in [-0.39, 0.29) is 11.8 Å². The maximum atomic E-state index is 12.9. The third kappa shape index (κ3) is 4.04. The van der Waals surface area contributed by atoms with E-state index in [1.165, 1.54) is 6.42 Å². The van der Waals surface area contributed by atoms with Crippen LogP contribution in [0.5, 0.6) is 0 Å². The standard InChI is InChI=1S/C23H31N3O3S/c1-3-20-21(18-9-7-17(2)8-10-18)30(28,29)24-22(20)25-15-11-19(12-16-25)23(27)26-13-5-4-6-14-26/h7-10,19H,3-6,11-16H2,1-2H3. The second-order valence-electron chi connectivity index (χ2n) is 8.56. The molecule has 2 fully saturated rings. The highest BCUT2D eigenvalue weighted by atomic mass is 32.2. The maximum Gasteiger partial charge on any atom is 0.285 e. The number of hydrogen-bond acceptors (Lipinski definition) is 4. The largest absolute Gasteiger partial charge is 0.356 e. The number of carbonyl (C=O) groups is 1. The molecule has 6 nitrogen and oxygen atoms in total. The lowest BCUT2D eigenvalue weighted by molar-refractivity contribution is -0.137. The molecule has 0 aromatic heterocycles. The highest BCUT2D eigenvalue weighted by molar-refractivity contribution is 8.00. The Balaban J connectivity index is 1.51. The number of nitrogens with zero attached hydrogens (tertiary/aromatic N) is 3. The molecule has 1 aromatic rings. The molecule has 4 rings (SSSR count). The van der Waals surface area contributed by atoms with E-state index < -0.39 is 10.0 Å². The van der Waals surface area contributed by atoms with Crippen molar-refractivity contribution in [3.63, 3.8) is 0 Å². The predicted octanol–water partition coefficient (Wildman–Crippen LogP) is 3.58. The van der Waals surface area contributed by atoms with Gasteiger partial charge in [-0.1, -0.05) is 36.8 Å². The summed E-state index contributed by atoms with van der Waals surface area (Å²) in [6, 6.07) is 7.58. The Kier molecular flexibility index (Phi) is 6.00. The van der Waals surface area contributed by atoms with E-state index in [0.717, 1.165) is 49.9 Å². The smallest absolute Gasteiger partial charge is 0.285 e. The molecule has 3 aliphatic heterocycles. The zero-order valence-corrected chi connectivity index (χ0v) is 18.7. The number of aryl methyl sites for hydroxylation is 1. The highest BCUT2D eigenvalue weighted by Crippen LogP contribution is 2.36. The lowest BCUT2D eigenvalue weighted by atomic mass is 9.93. The number of hydrogen-bond donors (Lipinski definition) is 0. The SMILES string of the molecule is CCC1=C(c2ccc(C)cc2)S(=O)(=O)N=C1N1CCC(C(=O)N2CCCCC2)CC1. The van der Waals surface area contributed by atoms with E-state index in [1.807, 2.05) is 43.0 Å². The van der Waals surface area contributed by atoms with Crippen LogP contribution in [0.25, 0.3) is 4.91 Å². The van der Waals surface area contributed by atoms with Gasteiger partial charge in [-0.3, -0.25) is 4.79 Å². The molecule has 30 heavy (non-hydrogen) atoms. The van der Waals surface area contributed by atoms with Gasteiger partial charge in [-0.25, -0.2) is 0 Å². The number of amidine groups is 1. The normalized spacial score (nSPS) is 22.4. The van der Waals surface area contributed by atoms with Gasteiger partial charge in [0.2, 0.25) is 5.91 Å². The van der Waals surface area contributed by atoms with Crippen molar-refractivity contribution >= 4 is 26.7 Å². The summed E-state index contributed by atoms with van der Waals surface area (Å²) in [5.74, 6) is 0.905. The van der Waals surface area contributed by atoms with Crippen molar-refractivity contribution in [2.24, 2.45) is 10.3 Å². The van der Waals surface area contributed by atoms with Gasteiger partial charge in [-0.15, -0.1) is 4.40 Å². The van der Waals surface area contributed by atoms with Crippen LogP contribution in [-0.2, 0) is 14.8 Å². The van der Waals surface area contributed by atoms with Crippen LogP contribution in [0.4, 0.5) is 0 Å². The first-order chi connectivity index (χ1) is 14.4. The van der Waals surface area contributed by atoms with Gasteiger partial charge in [0.25, 0.3) is 10.0 Å². The van der Waals surface area contributed by atoms with Crippen LogP contribution in [0.15, 0.2) is 34.2 Å². The van der Waals surface area contributed by atoms with E-state index in [1.54, 1.807) is 0 Å². The predicted molar refractivity (Wildman–Crippen MR) is 119 cm³/mol. The van der Waals surface area contributed by atoms with E-state index in [2.05, 4.69) is 9.30 Å². The summed E-state index contributed by atoms with van der Waals surface area (Å²) in [6.45, 7) is 7.07. The fraction of sp³-hybridized carbons (Fsp3) is 0.565. The minimum Gasteiger partial charge on any atom is -0.356 e. The minimum atomic E-state index is -3.71. The Labute approximate surface area is 179 Å². The van der Waals surface area contributed by atoms with E-state index in [9.17, 15) is 13.2 Å². The average Bonchev–Trinajstić information content (AvgIpc) is 3.05. The molecule has 0 saturated carbocycles. The lowest BCUT2D eigenvalue weighted by Crippen LogP contribution is -2.45. The number of amides is 1. The van der Waals surface area contributed by atoms with Crippen molar-refractivity contribution in [1.82, 2.24) is 9.80 Å². The van der Waals surface area contributed by atoms with Crippen LogP contribution < -0.4 is 0 Å². The van der Waals surface area contributed by atoms with Gasteiger partial charge in [-0.05, 0) is 51.0 Å². The molecule has 3 aliphatic rings. The van der Waals surface area contributed by atoms with Gasteiger partial charge in [0.15, 0.2) is 0 Å². The fourth-order valence-electron chi connectivity index (χ4n) is 4.78. The van der Waals surface area contributed by atoms with Crippen molar-refractivity contribution in [1.29, 1.82) is 0 Å². The first kappa shape index (κ1) is 21.1. The number of piperidine rings is 2. The van der Waals surface area contributed by atoms with Crippen molar-refractivity contribution < 1.29 is 13.2 Å². The van der Waals surface area contributed by atoms with Crippen molar-refractivity contribution in [2.45, 2.75) is 52.4 Å². The first-order valence-electron chi connectivity index (χ1n) is 11.1. The molecule has 0 bridgehead atoms. The number of carbonyl (C=O) groups excluding carboxylic acids is 1. The molecular weight excluding hydrogens is 398 g/mol. The Hall–Kier alpha value is -2.15. The third-order valence-corrected chi connectivity index (χ3v) is 7.90. The molecule has 0 N–H and O–H groups in total. The molecule has 0 radical (unpaired) electrons. The molecule has 0 unspecified atom stereocenters. The first-order valence-corrected chi connectivity index (χ1v) is 12.5. The summed E-state index contributed by atoms with van der Waals surface area (Å²) in [4.78, 5) is 17.3. The van der Waals surface area contributed by atoms with Crippen molar-refractivity contribution in [3.05, 3.63) is 41.0 Å². The van der Waals surface area contributed by atoms with Crippen LogP contribution >= 0.6 is 0 Å². The second-order valence-corrected chi connectivity index (χ2v) is 10.1.